The summed E-state index contributed by atoms with van der Waals surface area (Å²) in [7, 11) is 0. The van der Waals surface area contributed by atoms with Crippen molar-refractivity contribution in [1.29, 1.82) is 0 Å². The lowest BCUT2D eigenvalue weighted by Crippen LogP contribution is -2.03. The molecule has 2 nitrogen and oxygen atoms in total. The highest BCUT2D eigenvalue weighted by molar-refractivity contribution is 7.10. The molecule has 0 aliphatic carbocycles. The average molecular weight is 649 g/mol. The highest BCUT2D eigenvalue weighted by Gasteiger charge is 2.25. The molecule has 0 unspecified atom stereocenters. The number of thiophene rings is 2. The molecule has 0 aliphatic rings. The van der Waals surface area contributed by atoms with Gasteiger partial charge in [0.05, 0.1) is 31.9 Å². The summed E-state index contributed by atoms with van der Waals surface area (Å²) in [4.78, 5) is 2.10. The molecule has 48 heavy (non-hydrogen) atoms. The molecule has 0 N–H and O–H groups in total. The lowest BCUT2D eigenvalue weighted by Gasteiger charge is -2.13. The van der Waals surface area contributed by atoms with Gasteiger partial charge in [-0.2, -0.15) is 0 Å². The van der Waals surface area contributed by atoms with Crippen molar-refractivity contribution < 1.29 is 0 Å². The fourth-order valence-electron chi connectivity index (χ4n) is 6.92. The van der Waals surface area contributed by atoms with E-state index in [4.69, 9.17) is 0 Å². The maximum absolute atomic E-state index is 3.77. The van der Waals surface area contributed by atoms with Gasteiger partial charge in [0.25, 0.3) is 0 Å². The van der Waals surface area contributed by atoms with E-state index in [1.807, 2.05) is 0 Å². The standard InChI is InChI=1S/C44H28N2S2/c1-3-13-31(14-4-1)29-45-39-21-9-7-19-35(39)41-38(26-24-34-18-12-28-48-34)44-42(37(43(41)45)25-23-33-17-11-27-47-33)36-20-8-10-22-40(36)46(44)30-32-15-5-2-6-16-32/h1-22,27-28H,29-30H2. The normalized spacial score (nSPS) is 11.2. The van der Waals surface area contributed by atoms with Crippen LogP contribution in [0.3, 0.4) is 0 Å². The first-order valence-corrected chi connectivity index (χ1v) is 17.8. The molecule has 9 rings (SSSR count). The van der Waals surface area contributed by atoms with Gasteiger partial charge >= 0.3 is 0 Å². The van der Waals surface area contributed by atoms with E-state index in [-0.39, 0.29) is 0 Å². The number of hydrogen-bond donors (Lipinski definition) is 0. The molecule has 0 amide bonds. The predicted molar refractivity (Wildman–Crippen MR) is 204 cm³/mol. The highest BCUT2D eigenvalue weighted by Crippen LogP contribution is 2.43. The van der Waals surface area contributed by atoms with Gasteiger partial charge < -0.3 is 9.13 Å². The third-order valence-corrected chi connectivity index (χ3v) is 10.5. The summed E-state index contributed by atoms with van der Waals surface area (Å²) >= 11 is 3.36. The van der Waals surface area contributed by atoms with E-state index in [2.05, 4.69) is 177 Å². The Morgan fingerprint density at radius 2 is 0.833 bits per heavy atom. The first-order valence-electron chi connectivity index (χ1n) is 16.0. The summed E-state index contributed by atoms with van der Waals surface area (Å²) in [6.07, 6.45) is 0. The van der Waals surface area contributed by atoms with Gasteiger partial charge in [0.2, 0.25) is 0 Å². The third-order valence-electron chi connectivity index (χ3n) is 8.95. The average Bonchev–Trinajstić information content (AvgIpc) is 3.96. The fraction of sp³-hybridized carbons (Fsp3) is 0.0455. The van der Waals surface area contributed by atoms with Crippen molar-refractivity contribution in [2.24, 2.45) is 0 Å². The van der Waals surface area contributed by atoms with E-state index < -0.39 is 0 Å². The summed E-state index contributed by atoms with van der Waals surface area (Å²) in [5.74, 6) is 14.7. The molecule has 4 heteroatoms. The van der Waals surface area contributed by atoms with Crippen molar-refractivity contribution in [2.45, 2.75) is 13.1 Å². The van der Waals surface area contributed by atoms with Crippen molar-refractivity contribution in [3.63, 3.8) is 0 Å². The first kappa shape index (κ1) is 28.4. The SMILES string of the molecule is C(#Cc1c2c3ccccc3n(Cc3ccccc3)c2c(C#Cc2cccs2)c2c3ccccc3n(Cc3ccccc3)c12)c1cccs1. The number of benzene rings is 5. The second-order valence-electron chi connectivity index (χ2n) is 11.8. The van der Waals surface area contributed by atoms with Crippen molar-refractivity contribution in [3.05, 3.63) is 176 Å². The molecular formula is C44H28N2S2. The summed E-state index contributed by atoms with van der Waals surface area (Å²) in [6.45, 7) is 1.45. The predicted octanol–water partition coefficient (Wildman–Crippen LogP) is 10.9. The summed E-state index contributed by atoms with van der Waals surface area (Å²) in [5, 5.41) is 8.89. The second-order valence-corrected chi connectivity index (χ2v) is 13.7. The largest absolute Gasteiger partial charge is 0.335 e. The van der Waals surface area contributed by atoms with Crippen molar-refractivity contribution in [1.82, 2.24) is 9.13 Å². The molecule has 0 atom stereocenters. The Bertz CT molecular complexity index is 2510. The van der Waals surface area contributed by atoms with Crippen LogP contribution < -0.4 is 0 Å². The molecule has 9 aromatic rings. The third kappa shape index (κ3) is 4.91. The minimum Gasteiger partial charge on any atom is -0.335 e. The van der Waals surface area contributed by atoms with Gasteiger partial charge in [0, 0.05) is 45.7 Å². The van der Waals surface area contributed by atoms with Crippen LogP contribution in [0.1, 0.15) is 32.0 Å². The van der Waals surface area contributed by atoms with Crippen LogP contribution in [0.5, 0.6) is 0 Å². The Balaban J connectivity index is 1.51. The van der Waals surface area contributed by atoms with Crippen LogP contribution in [0.25, 0.3) is 43.6 Å². The zero-order valence-electron chi connectivity index (χ0n) is 26.0. The number of para-hydroxylation sites is 2. The molecule has 0 saturated heterocycles. The van der Waals surface area contributed by atoms with Crippen LogP contribution in [0.4, 0.5) is 0 Å². The maximum atomic E-state index is 3.77. The lowest BCUT2D eigenvalue weighted by atomic mass is 9.96. The fourth-order valence-corrected chi connectivity index (χ4v) is 8.06. The quantitative estimate of drug-likeness (QED) is 0.168. The minimum atomic E-state index is 0.727. The van der Waals surface area contributed by atoms with Gasteiger partial charge in [-0.15, -0.1) is 22.7 Å². The Labute approximate surface area is 287 Å². The van der Waals surface area contributed by atoms with E-state index in [1.165, 1.54) is 32.9 Å². The zero-order valence-corrected chi connectivity index (χ0v) is 27.6. The van der Waals surface area contributed by atoms with E-state index in [1.54, 1.807) is 22.7 Å². The molecule has 0 bridgehead atoms. The monoisotopic (exact) mass is 648 g/mol. The summed E-state index contributed by atoms with van der Waals surface area (Å²) < 4.78 is 4.94. The number of fused-ring (bicyclic) bond motifs is 6. The summed E-state index contributed by atoms with van der Waals surface area (Å²) in [5.41, 5.74) is 9.22. The van der Waals surface area contributed by atoms with Crippen LogP contribution in [0, 0.1) is 23.7 Å². The van der Waals surface area contributed by atoms with Gasteiger partial charge in [-0.1, -0.05) is 133 Å². The Morgan fingerprint density at radius 3 is 1.25 bits per heavy atom. The van der Waals surface area contributed by atoms with E-state index in [0.29, 0.717) is 0 Å². The molecule has 0 fully saturated rings. The Kier molecular flexibility index (Phi) is 7.17. The minimum absolute atomic E-state index is 0.727. The number of hydrogen-bond acceptors (Lipinski definition) is 2. The van der Waals surface area contributed by atoms with Crippen LogP contribution in [0.15, 0.2) is 144 Å². The smallest absolute Gasteiger partial charge is 0.0772 e. The van der Waals surface area contributed by atoms with Gasteiger partial charge in [-0.05, 0) is 46.2 Å². The Morgan fingerprint density at radius 1 is 0.417 bits per heavy atom. The zero-order chi connectivity index (χ0) is 31.9. The lowest BCUT2D eigenvalue weighted by molar-refractivity contribution is 0.865. The maximum Gasteiger partial charge on any atom is 0.0772 e. The summed E-state index contributed by atoms with van der Waals surface area (Å²) in [6, 6.07) is 47.4. The Hall–Kier alpha value is -5.78. The molecular weight excluding hydrogens is 621 g/mol. The molecule has 0 aliphatic heterocycles. The van der Waals surface area contributed by atoms with E-state index >= 15 is 0 Å². The van der Waals surface area contributed by atoms with Crippen LogP contribution in [-0.4, -0.2) is 9.13 Å². The molecule has 0 saturated carbocycles. The number of nitrogens with zero attached hydrogens (tertiary/aromatic N) is 2. The van der Waals surface area contributed by atoms with Gasteiger partial charge in [0.15, 0.2) is 0 Å². The molecule has 0 radical (unpaired) electrons. The molecule has 5 aromatic carbocycles. The molecule has 4 heterocycles. The number of aromatic nitrogens is 2. The highest BCUT2D eigenvalue weighted by atomic mass is 32.1. The van der Waals surface area contributed by atoms with Crippen molar-refractivity contribution >= 4 is 66.3 Å². The molecule has 4 aromatic heterocycles. The van der Waals surface area contributed by atoms with E-state index in [9.17, 15) is 0 Å². The van der Waals surface area contributed by atoms with Gasteiger partial charge in [-0.25, -0.2) is 0 Å². The molecule has 0 spiro atoms. The topological polar surface area (TPSA) is 9.86 Å². The first-order chi connectivity index (χ1) is 23.8. The van der Waals surface area contributed by atoms with Crippen LogP contribution in [-0.2, 0) is 13.1 Å². The van der Waals surface area contributed by atoms with Crippen molar-refractivity contribution in [2.75, 3.05) is 0 Å². The molecule has 226 valence electrons. The second kappa shape index (κ2) is 12.1. The van der Waals surface area contributed by atoms with E-state index in [0.717, 1.165) is 55.8 Å². The van der Waals surface area contributed by atoms with Gasteiger partial charge in [-0.3, -0.25) is 0 Å². The van der Waals surface area contributed by atoms with Crippen LogP contribution in [0.2, 0.25) is 0 Å². The number of rotatable bonds is 4. The van der Waals surface area contributed by atoms with Gasteiger partial charge in [0.1, 0.15) is 0 Å². The van der Waals surface area contributed by atoms with Crippen LogP contribution >= 0.6 is 22.7 Å². The van der Waals surface area contributed by atoms with Crippen molar-refractivity contribution in [3.8, 4) is 23.7 Å².